The molecule has 0 aliphatic carbocycles. The van der Waals surface area contributed by atoms with Gasteiger partial charge in [-0.3, -0.25) is 0 Å². The molecule has 3 aromatic rings. The number of ether oxygens (including phenoxy) is 1. The maximum Gasteiger partial charge on any atom is 0.137 e. The van der Waals surface area contributed by atoms with Crippen LogP contribution in [-0.2, 0) is 0 Å². The highest BCUT2D eigenvalue weighted by Gasteiger charge is 2.02. The summed E-state index contributed by atoms with van der Waals surface area (Å²) in [6.45, 7) is 3.55. The lowest BCUT2D eigenvalue weighted by atomic mass is 10.2. The van der Waals surface area contributed by atoms with E-state index in [4.69, 9.17) is 4.74 Å². The molecule has 0 bridgehead atoms. The zero-order valence-electron chi connectivity index (χ0n) is 12.6. The highest BCUT2D eigenvalue weighted by atomic mass is 16.5. The summed E-state index contributed by atoms with van der Waals surface area (Å²) in [7, 11) is 0. The molecule has 1 aromatic heterocycles. The molecule has 0 aliphatic heterocycles. The fraction of sp³-hybridized carbons (Fsp3) is 0.222. The molecule has 0 radical (unpaired) electrons. The molecule has 0 unspecified atom stereocenters. The van der Waals surface area contributed by atoms with Gasteiger partial charge in [-0.15, -0.1) is 0 Å². The van der Waals surface area contributed by atoms with Gasteiger partial charge in [-0.05, 0) is 37.1 Å². The highest BCUT2D eigenvalue weighted by Crippen LogP contribution is 2.18. The number of anilines is 1. The fourth-order valence-corrected chi connectivity index (χ4v) is 2.33. The first kappa shape index (κ1) is 14.3. The number of rotatable bonds is 6. The predicted molar refractivity (Wildman–Crippen MR) is 89.3 cm³/mol. The number of aromatic nitrogens is 2. The van der Waals surface area contributed by atoms with Gasteiger partial charge in [-0.2, -0.15) is 0 Å². The van der Waals surface area contributed by atoms with E-state index < -0.39 is 0 Å². The van der Waals surface area contributed by atoms with Gasteiger partial charge in [0.25, 0.3) is 0 Å². The molecule has 22 heavy (non-hydrogen) atoms. The molecule has 4 heteroatoms. The van der Waals surface area contributed by atoms with Crippen LogP contribution in [0.15, 0.2) is 54.9 Å². The number of nitrogens with zero attached hydrogens (tertiary/aromatic N) is 2. The minimum absolute atomic E-state index is 0.681. The van der Waals surface area contributed by atoms with E-state index in [0.717, 1.165) is 41.0 Å². The van der Waals surface area contributed by atoms with Crippen LogP contribution in [0, 0.1) is 6.92 Å². The normalized spacial score (nSPS) is 10.6. The molecule has 0 amide bonds. The third kappa shape index (κ3) is 3.34. The van der Waals surface area contributed by atoms with E-state index in [1.165, 1.54) is 0 Å². The minimum Gasteiger partial charge on any atom is -0.493 e. The Labute approximate surface area is 130 Å². The quantitative estimate of drug-likeness (QED) is 0.702. The molecule has 0 atom stereocenters. The third-order valence-electron chi connectivity index (χ3n) is 3.51. The van der Waals surface area contributed by atoms with Crippen molar-refractivity contribution in [3.8, 4) is 5.75 Å². The average molecular weight is 293 g/mol. The summed E-state index contributed by atoms with van der Waals surface area (Å²) in [5.41, 5.74) is 2.12. The monoisotopic (exact) mass is 293 g/mol. The standard InChI is InChI=1S/C18H19N3O/c1-14-7-2-5-10-17(14)22-12-6-11-19-18-15-8-3-4-9-16(15)20-13-21-18/h2-5,7-10,13H,6,11-12H2,1H3,(H,19,20,21). The summed E-state index contributed by atoms with van der Waals surface area (Å²) in [4.78, 5) is 8.57. The van der Waals surface area contributed by atoms with E-state index in [1.807, 2.05) is 42.5 Å². The molecule has 2 aromatic carbocycles. The molecule has 3 rings (SSSR count). The van der Waals surface area contributed by atoms with E-state index in [2.05, 4.69) is 28.3 Å². The molecular weight excluding hydrogens is 274 g/mol. The molecule has 1 heterocycles. The number of para-hydroxylation sites is 2. The maximum absolute atomic E-state index is 5.79. The van der Waals surface area contributed by atoms with Gasteiger partial charge < -0.3 is 10.1 Å². The summed E-state index contributed by atoms with van der Waals surface area (Å²) in [5, 5.41) is 4.40. The Morgan fingerprint density at radius 1 is 1.00 bits per heavy atom. The second kappa shape index (κ2) is 6.89. The minimum atomic E-state index is 0.681. The number of hydrogen-bond donors (Lipinski definition) is 1. The van der Waals surface area contributed by atoms with Crippen molar-refractivity contribution in [1.82, 2.24) is 9.97 Å². The number of hydrogen-bond acceptors (Lipinski definition) is 4. The van der Waals surface area contributed by atoms with E-state index in [0.29, 0.717) is 6.61 Å². The van der Waals surface area contributed by atoms with Gasteiger partial charge in [0.15, 0.2) is 0 Å². The van der Waals surface area contributed by atoms with E-state index in [9.17, 15) is 0 Å². The van der Waals surface area contributed by atoms with Crippen LogP contribution >= 0.6 is 0 Å². The van der Waals surface area contributed by atoms with Gasteiger partial charge in [0.1, 0.15) is 17.9 Å². The van der Waals surface area contributed by atoms with Crippen molar-refractivity contribution in [3.63, 3.8) is 0 Å². The van der Waals surface area contributed by atoms with Crippen LogP contribution in [0.3, 0.4) is 0 Å². The van der Waals surface area contributed by atoms with Crippen LogP contribution in [-0.4, -0.2) is 23.1 Å². The van der Waals surface area contributed by atoms with E-state index in [-0.39, 0.29) is 0 Å². The Morgan fingerprint density at radius 3 is 2.73 bits per heavy atom. The lowest BCUT2D eigenvalue weighted by Gasteiger charge is -2.10. The highest BCUT2D eigenvalue weighted by molar-refractivity contribution is 5.88. The van der Waals surface area contributed by atoms with Gasteiger partial charge in [0, 0.05) is 11.9 Å². The summed E-state index contributed by atoms with van der Waals surface area (Å²) in [6, 6.07) is 16.1. The largest absolute Gasteiger partial charge is 0.493 e. The predicted octanol–water partition coefficient (Wildman–Crippen LogP) is 3.82. The zero-order chi connectivity index (χ0) is 15.2. The second-order valence-corrected chi connectivity index (χ2v) is 5.13. The zero-order valence-corrected chi connectivity index (χ0v) is 12.6. The third-order valence-corrected chi connectivity index (χ3v) is 3.51. The summed E-state index contributed by atoms with van der Waals surface area (Å²) < 4.78 is 5.79. The number of aryl methyl sites for hydroxylation is 1. The Hall–Kier alpha value is -2.62. The molecule has 1 N–H and O–H groups in total. The molecule has 112 valence electrons. The molecular formula is C18H19N3O. The summed E-state index contributed by atoms with van der Waals surface area (Å²) in [5.74, 6) is 1.83. The Bertz CT molecular complexity index is 753. The lowest BCUT2D eigenvalue weighted by Crippen LogP contribution is -2.09. The molecule has 0 aliphatic rings. The Kier molecular flexibility index (Phi) is 4.49. The van der Waals surface area contributed by atoms with Crippen molar-refractivity contribution in [3.05, 3.63) is 60.4 Å². The molecule has 0 saturated carbocycles. The first-order valence-corrected chi connectivity index (χ1v) is 7.46. The van der Waals surface area contributed by atoms with Crippen molar-refractivity contribution < 1.29 is 4.74 Å². The smallest absolute Gasteiger partial charge is 0.137 e. The van der Waals surface area contributed by atoms with Crippen molar-refractivity contribution in [2.24, 2.45) is 0 Å². The SMILES string of the molecule is Cc1ccccc1OCCCNc1ncnc2ccccc12. The van der Waals surface area contributed by atoms with Crippen LogP contribution in [0.25, 0.3) is 10.9 Å². The molecule has 4 nitrogen and oxygen atoms in total. The van der Waals surface area contributed by atoms with Gasteiger partial charge >= 0.3 is 0 Å². The van der Waals surface area contributed by atoms with E-state index >= 15 is 0 Å². The van der Waals surface area contributed by atoms with Gasteiger partial charge in [-0.25, -0.2) is 9.97 Å². The van der Waals surface area contributed by atoms with E-state index in [1.54, 1.807) is 6.33 Å². The Morgan fingerprint density at radius 2 is 1.82 bits per heavy atom. The molecule has 0 saturated heterocycles. The second-order valence-electron chi connectivity index (χ2n) is 5.13. The van der Waals surface area contributed by atoms with Gasteiger partial charge in [-0.1, -0.05) is 30.3 Å². The van der Waals surface area contributed by atoms with Crippen molar-refractivity contribution in [2.75, 3.05) is 18.5 Å². The van der Waals surface area contributed by atoms with Crippen molar-refractivity contribution in [1.29, 1.82) is 0 Å². The van der Waals surface area contributed by atoms with Crippen LogP contribution in [0.5, 0.6) is 5.75 Å². The lowest BCUT2D eigenvalue weighted by molar-refractivity contribution is 0.313. The number of fused-ring (bicyclic) bond motifs is 1. The average Bonchev–Trinajstić information content (AvgIpc) is 2.56. The van der Waals surface area contributed by atoms with Gasteiger partial charge in [0.05, 0.1) is 12.1 Å². The first-order valence-electron chi connectivity index (χ1n) is 7.46. The number of nitrogens with one attached hydrogen (secondary N) is 1. The molecule has 0 spiro atoms. The summed E-state index contributed by atoms with van der Waals surface area (Å²) >= 11 is 0. The van der Waals surface area contributed by atoms with Crippen LogP contribution in [0.1, 0.15) is 12.0 Å². The van der Waals surface area contributed by atoms with Crippen molar-refractivity contribution >= 4 is 16.7 Å². The topological polar surface area (TPSA) is 47.0 Å². The first-order chi connectivity index (χ1) is 10.8. The van der Waals surface area contributed by atoms with Crippen LogP contribution in [0.4, 0.5) is 5.82 Å². The van der Waals surface area contributed by atoms with Gasteiger partial charge in [0.2, 0.25) is 0 Å². The van der Waals surface area contributed by atoms with Crippen molar-refractivity contribution in [2.45, 2.75) is 13.3 Å². The van der Waals surface area contributed by atoms with Crippen LogP contribution in [0.2, 0.25) is 0 Å². The Balaban J connectivity index is 1.52. The summed E-state index contributed by atoms with van der Waals surface area (Å²) in [6.07, 6.45) is 2.50. The maximum atomic E-state index is 5.79. The van der Waals surface area contributed by atoms with Crippen LogP contribution < -0.4 is 10.1 Å². The number of benzene rings is 2. The fourth-order valence-electron chi connectivity index (χ4n) is 2.33. The molecule has 0 fully saturated rings.